The average molecular weight is 479 g/mol. The molecule has 4 heteroatoms. The lowest BCUT2D eigenvalue weighted by Gasteiger charge is -2.25. The largest absolute Gasteiger partial charge is 0.481 e. The molecule has 3 unspecified atom stereocenters. The fraction of sp³-hybridized carbons (Fsp3) is 0.867. The third kappa shape index (κ3) is 14.8. The van der Waals surface area contributed by atoms with E-state index in [-0.39, 0.29) is 12.1 Å². The van der Waals surface area contributed by atoms with Crippen LogP contribution in [0.4, 0.5) is 0 Å². The van der Waals surface area contributed by atoms with Crippen molar-refractivity contribution in [2.45, 2.75) is 155 Å². The number of ether oxygens (including phenoxy) is 1. The minimum Gasteiger partial charge on any atom is -0.481 e. The van der Waals surface area contributed by atoms with Gasteiger partial charge in [-0.2, -0.15) is 0 Å². The second-order valence-corrected chi connectivity index (χ2v) is 10.4. The first-order chi connectivity index (χ1) is 16.6. The van der Waals surface area contributed by atoms with Crippen LogP contribution in [-0.2, 0) is 14.3 Å². The minimum atomic E-state index is -0.890. The number of unbranched alkanes of at least 4 members (excludes halogenated alkanes) is 15. The molecule has 1 N–H and O–H groups in total. The predicted molar refractivity (Wildman–Crippen MR) is 142 cm³/mol. The summed E-state index contributed by atoms with van der Waals surface area (Å²) in [6.45, 7) is 4.42. The van der Waals surface area contributed by atoms with Gasteiger partial charge in [0, 0.05) is 0 Å². The van der Waals surface area contributed by atoms with Crippen LogP contribution in [0.2, 0.25) is 0 Å². The molecule has 0 amide bonds. The summed E-state index contributed by atoms with van der Waals surface area (Å²) >= 11 is 0. The van der Waals surface area contributed by atoms with Crippen molar-refractivity contribution < 1.29 is 19.4 Å². The van der Waals surface area contributed by atoms with Crippen LogP contribution >= 0.6 is 0 Å². The number of hydrogen-bond acceptors (Lipinski definition) is 3. The number of aliphatic carboxylic acids is 1. The van der Waals surface area contributed by atoms with Gasteiger partial charge in [-0.15, -0.1) is 0 Å². The van der Waals surface area contributed by atoms with Crippen molar-refractivity contribution in [3.05, 3.63) is 12.2 Å². The normalized spacial score (nSPS) is 18.6. The Hall–Kier alpha value is -1.32. The number of hydrogen-bond donors (Lipinski definition) is 1. The number of carboxylic acid groups (broad SMARTS) is 1. The standard InChI is InChI=1S/C30H54O4/c1-3-5-7-8-9-10-11-12-13-14-15-16-17-18-19-23-26(22-6-4-2)34-30(33)28-25-21-20-24-27(28)29(31)32/h21,25-28H,3-20,22-24H2,1-2H3,(H,31,32). The number of carbonyl (C=O) groups excluding carboxylic acids is 1. The summed E-state index contributed by atoms with van der Waals surface area (Å²) in [5.74, 6) is -2.50. The van der Waals surface area contributed by atoms with E-state index in [1.54, 1.807) is 6.08 Å². The Kier molecular flexibility index (Phi) is 19.0. The Morgan fingerprint density at radius 2 is 1.24 bits per heavy atom. The van der Waals surface area contributed by atoms with Gasteiger partial charge in [-0.25, -0.2) is 0 Å². The molecule has 0 radical (unpaired) electrons. The van der Waals surface area contributed by atoms with Crippen molar-refractivity contribution in [1.82, 2.24) is 0 Å². The SMILES string of the molecule is CCCCCCCCCCCCCCCCCC(CCCC)OC(=O)C1C=CCCC1C(=O)O. The van der Waals surface area contributed by atoms with Crippen molar-refractivity contribution in [1.29, 1.82) is 0 Å². The molecule has 1 aliphatic carbocycles. The Morgan fingerprint density at radius 1 is 0.765 bits per heavy atom. The van der Waals surface area contributed by atoms with Gasteiger partial charge in [-0.1, -0.05) is 129 Å². The molecule has 0 heterocycles. The molecular formula is C30H54O4. The molecule has 0 bridgehead atoms. The van der Waals surface area contributed by atoms with Gasteiger partial charge in [0.25, 0.3) is 0 Å². The first-order valence-corrected chi connectivity index (χ1v) is 14.7. The fourth-order valence-electron chi connectivity index (χ4n) is 5.03. The van der Waals surface area contributed by atoms with E-state index in [2.05, 4.69) is 13.8 Å². The van der Waals surface area contributed by atoms with E-state index in [1.807, 2.05) is 6.08 Å². The van der Waals surface area contributed by atoms with Gasteiger partial charge in [0.15, 0.2) is 0 Å². The van der Waals surface area contributed by atoms with Crippen LogP contribution in [0.5, 0.6) is 0 Å². The number of allylic oxidation sites excluding steroid dienone is 1. The summed E-state index contributed by atoms with van der Waals surface area (Å²) < 4.78 is 5.84. The Balaban J connectivity index is 2.12. The van der Waals surface area contributed by atoms with E-state index >= 15 is 0 Å². The molecule has 1 rings (SSSR count). The summed E-state index contributed by atoms with van der Waals surface area (Å²) in [7, 11) is 0. The van der Waals surface area contributed by atoms with Crippen LogP contribution in [0.1, 0.15) is 149 Å². The highest BCUT2D eigenvalue weighted by atomic mass is 16.5. The molecule has 1 aliphatic rings. The van der Waals surface area contributed by atoms with Crippen LogP contribution < -0.4 is 0 Å². The third-order valence-electron chi connectivity index (χ3n) is 7.30. The lowest BCUT2D eigenvalue weighted by atomic mass is 9.84. The monoisotopic (exact) mass is 478 g/mol. The third-order valence-corrected chi connectivity index (χ3v) is 7.30. The van der Waals surface area contributed by atoms with E-state index in [9.17, 15) is 14.7 Å². The second kappa shape index (κ2) is 21.0. The van der Waals surface area contributed by atoms with Crippen molar-refractivity contribution in [2.24, 2.45) is 11.8 Å². The highest BCUT2D eigenvalue weighted by molar-refractivity contribution is 5.83. The maximum Gasteiger partial charge on any atom is 0.313 e. The number of esters is 1. The van der Waals surface area contributed by atoms with Gasteiger partial charge in [0.05, 0.1) is 11.8 Å². The molecule has 34 heavy (non-hydrogen) atoms. The molecule has 0 aromatic carbocycles. The topological polar surface area (TPSA) is 63.6 Å². The number of carbonyl (C=O) groups is 2. The van der Waals surface area contributed by atoms with Gasteiger partial charge in [0.1, 0.15) is 6.10 Å². The summed E-state index contributed by atoms with van der Waals surface area (Å²) in [6, 6.07) is 0. The van der Waals surface area contributed by atoms with E-state index in [0.717, 1.165) is 38.5 Å². The molecule has 0 fully saturated rings. The van der Waals surface area contributed by atoms with Gasteiger partial charge >= 0.3 is 11.9 Å². The van der Waals surface area contributed by atoms with Crippen LogP contribution in [-0.4, -0.2) is 23.1 Å². The smallest absolute Gasteiger partial charge is 0.313 e. The average Bonchev–Trinajstić information content (AvgIpc) is 2.84. The lowest BCUT2D eigenvalue weighted by molar-refractivity contribution is -0.160. The highest BCUT2D eigenvalue weighted by Crippen LogP contribution is 2.28. The van der Waals surface area contributed by atoms with Crippen molar-refractivity contribution in [2.75, 3.05) is 0 Å². The summed E-state index contributed by atoms with van der Waals surface area (Å²) in [6.07, 6.45) is 28.9. The van der Waals surface area contributed by atoms with Crippen LogP contribution in [0.25, 0.3) is 0 Å². The van der Waals surface area contributed by atoms with Crippen molar-refractivity contribution in [3.63, 3.8) is 0 Å². The first-order valence-electron chi connectivity index (χ1n) is 14.7. The van der Waals surface area contributed by atoms with Gasteiger partial charge in [-0.3, -0.25) is 9.59 Å². The number of rotatable bonds is 22. The fourth-order valence-corrected chi connectivity index (χ4v) is 5.03. The Bertz CT molecular complexity index is 542. The molecule has 0 aromatic heterocycles. The molecule has 0 spiro atoms. The molecule has 4 nitrogen and oxygen atoms in total. The van der Waals surface area contributed by atoms with E-state index in [1.165, 1.54) is 89.9 Å². The maximum atomic E-state index is 12.7. The van der Waals surface area contributed by atoms with Gasteiger partial charge in [0.2, 0.25) is 0 Å². The predicted octanol–water partition coefficient (Wildman–Crippen LogP) is 9.02. The molecule has 0 saturated heterocycles. The zero-order valence-corrected chi connectivity index (χ0v) is 22.4. The zero-order chi connectivity index (χ0) is 24.9. The second-order valence-electron chi connectivity index (χ2n) is 10.4. The summed E-state index contributed by atoms with van der Waals surface area (Å²) in [5.41, 5.74) is 0. The van der Waals surface area contributed by atoms with Crippen LogP contribution in [0.15, 0.2) is 12.2 Å². The molecular weight excluding hydrogens is 424 g/mol. The van der Waals surface area contributed by atoms with E-state index in [4.69, 9.17) is 4.74 Å². The minimum absolute atomic E-state index is 0.0702. The Labute approximate surface area is 210 Å². The van der Waals surface area contributed by atoms with Crippen LogP contribution in [0, 0.1) is 11.8 Å². The van der Waals surface area contributed by atoms with E-state index in [0.29, 0.717) is 6.42 Å². The van der Waals surface area contributed by atoms with Gasteiger partial charge < -0.3 is 9.84 Å². The summed E-state index contributed by atoms with van der Waals surface area (Å²) in [5, 5.41) is 9.44. The number of carboxylic acids is 1. The molecule has 0 saturated carbocycles. The van der Waals surface area contributed by atoms with Crippen molar-refractivity contribution in [3.8, 4) is 0 Å². The zero-order valence-electron chi connectivity index (χ0n) is 22.4. The molecule has 0 aliphatic heterocycles. The molecule has 0 aromatic rings. The molecule has 3 atom stereocenters. The first kappa shape index (κ1) is 30.7. The van der Waals surface area contributed by atoms with Crippen molar-refractivity contribution >= 4 is 11.9 Å². The van der Waals surface area contributed by atoms with E-state index < -0.39 is 17.8 Å². The van der Waals surface area contributed by atoms with Gasteiger partial charge in [-0.05, 0) is 32.1 Å². The summed E-state index contributed by atoms with van der Waals surface area (Å²) in [4.78, 5) is 24.2. The molecule has 198 valence electrons. The lowest BCUT2D eigenvalue weighted by Crippen LogP contribution is -2.33. The van der Waals surface area contributed by atoms with Crippen LogP contribution in [0.3, 0.4) is 0 Å². The highest BCUT2D eigenvalue weighted by Gasteiger charge is 2.35. The quantitative estimate of drug-likeness (QED) is 0.0957. The Morgan fingerprint density at radius 3 is 1.74 bits per heavy atom. The maximum absolute atomic E-state index is 12.7.